The smallest absolute Gasteiger partial charge is 0.326 e. The van der Waals surface area contributed by atoms with E-state index in [2.05, 4.69) is 33.6 Å². The number of nitrogens with one attached hydrogen (secondary N) is 4. The van der Waals surface area contributed by atoms with Crippen LogP contribution in [0.1, 0.15) is 32.3 Å². The third kappa shape index (κ3) is 9.28. The molecule has 1 heterocycles. The van der Waals surface area contributed by atoms with Gasteiger partial charge in [-0.1, -0.05) is 32.0 Å². The van der Waals surface area contributed by atoms with Gasteiger partial charge in [-0.2, -0.15) is 24.4 Å². The maximum absolute atomic E-state index is 13.2. The van der Waals surface area contributed by atoms with Crippen LogP contribution in [-0.4, -0.2) is 75.7 Å². The number of carboxylic acid groups (broad SMARTS) is 1. The lowest BCUT2D eigenvalue weighted by molar-refractivity contribution is -0.142. The molecule has 0 bridgehead atoms. The number of aliphatic carboxylic acids is 1. The van der Waals surface area contributed by atoms with Crippen LogP contribution in [0.3, 0.4) is 0 Å². The summed E-state index contributed by atoms with van der Waals surface area (Å²) in [5, 5.41) is 18.5. The van der Waals surface area contributed by atoms with Gasteiger partial charge in [0.05, 0.1) is 6.04 Å². The summed E-state index contributed by atoms with van der Waals surface area (Å²) in [5.74, 6) is -2.14. The van der Waals surface area contributed by atoms with Crippen LogP contribution in [-0.2, 0) is 25.6 Å². The molecule has 7 N–H and O–H groups in total. The summed E-state index contributed by atoms with van der Waals surface area (Å²) in [5.41, 5.74) is 7.51. The third-order valence-electron chi connectivity index (χ3n) is 5.84. The van der Waals surface area contributed by atoms with Crippen molar-refractivity contribution in [2.45, 2.75) is 57.3 Å². The number of aromatic nitrogens is 1. The highest BCUT2D eigenvalue weighted by atomic mass is 32.2. The summed E-state index contributed by atoms with van der Waals surface area (Å²) in [6.45, 7) is 3.77. The number of thioether (sulfide) groups is 1. The standard InChI is InChI=1S/C25H37N5O5S2/c1-14(2)10-19(28-24(33)21(13-36)30-22(31)17(26)8-9-37-3)23(32)29-20(25(34)35)11-15-12-27-18-7-5-4-6-16(15)18/h4-7,12,14,17,19-21,27,36H,8-11,13,26H2,1-3H3,(H,28,33)(H,29,32)(H,30,31)(H,34,35). The van der Waals surface area contributed by atoms with Crippen LogP contribution in [0.15, 0.2) is 30.5 Å². The quantitative estimate of drug-likeness (QED) is 0.164. The van der Waals surface area contributed by atoms with Gasteiger partial charge >= 0.3 is 5.97 Å². The van der Waals surface area contributed by atoms with Crippen LogP contribution in [0, 0.1) is 5.92 Å². The first-order chi connectivity index (χ1) is 17.6. The number of carboxylic acids is 1. The molecule has 4 unspecified atom stereocenters. The molecule has 0 radical (unpaired) electrons. The molecule has 37 heavy (non-hydrogen) atoms. The van der Waals surface area contributed by atoms with Crippen molar-refractivity contribution in [3.63, 3.8) is 0 Å². The number of para-hydroxylation sites is 1. The predicted octanol–water partition coefficient (Wildman–Crippen LogP) is 1.31. The number of amides is 3. The molecule has 0 spiro atoms. The van der Waals surface area contributed by atoms with Crippen LogP contribution in [0.4, 0.5) is 0 Å². The number of fused-ring (bicyclic) bond motifs is 1. The molecule has 0 saturated heterocycles. The summed E-state index contributed by atoms with van der Waals surface area (Å²) in [7, 11) is 0. The Kier molecular flexibility index (Phi) is 12.3. The number of hydrogen-bond acceptors (Lipinski definition) is 7. The zero-order valence-electron chi connectivity index (χ0n) is 21.3. The van der Waals surface area contributed by atoms with Crippen molar-refractivity contribution in [1.29, 1.82) is 0 Å². The maximum Gasteiger partial charge on any atom is 0.326 e. The molecular formula is C25H37N5O5S2. The van der Waals surface area contributed by atoms with Crippen molar-refractivity contribution >= 4 is 59.0 Å². The molecule has 0 fully saturated rings. The number of benzene rings is 1. The van der Waals surface area contributed by atoms with E-state index in [9.17, 15) is 24.3 Å². The Hall–Kier alpha value is -2.70. The first-order valence-electron chi connectivity index (χ1n) is 12.1. The Morgan fingerprint density at radius 1 is 1.03 bits per heavy atom. The topological polar surface area (TPSA) is 166 Å². The predicted molar refractivity (Wildman–Crippen MR) is 150 cm³/mol. The SMILES string of the molecule is CSCCC(N)C(=O)NC(CS)C(=O)NC(CC(C)C)C(=O)NC(Cc1c[nH]c2ccccc12)C(=O)O. The number of thiol groups is 1. The molecule has 10 nitrogen and oxygen atoms in total. The highest BCUT2D eigenvalue weighted by molar-refractivity contribution is 7.98. The van der Waals surface area contributed by atoms with Crippen molar-refractivity contribution in [3.8, 4) is 0 Å². The minimum atomic E-state index is -1.20. The maximum atomic E-state index is 13.2. The number of aromatic amines is 1. The lowest BCUT2D eigenvalue weighted by atomic mass is 10.0. The number of rotatable bonds is 15. The second kappa shape index (κ2) is 14.9. The average Bonchev–Trinajstić information content (AvgIpc) is 3.27. The molecule has 204 valence electrons. The van der Waals surface area contributed by atoms with E-state index >= 15 is 0 Å². The van der Waals surface area contributed by atoms with E-state index in [1.807, 2.05) is 44.4 Å². The fraction of sp³-hybridized carbons (Fsp3) is 0.520. The molecular weight excluding hydrogens is 514 g/mol. The number of hydrogen-bond donors (Lipinski definition) is 7. The van der Waals surface area contributed by atoms with E-state index in [1.54, 1.807) is 18.0 Å². The molecule has 0 aliphatic rings. The Labute approximate surface area is 226 Å². The fourth-order valence-corrected chi connectivity index (χ4v) is 4.56. The molecule has 0 aliphatic carbocycles. The van der Waals surface area contributed by atoms with Gasteiger partial charge in [0.15, 0.2) is 0 Å². The van der Waals surface area contributed by atoms with E-state index in [1.165, 1.54) is 0 Å². The van der Waals surface area contributed by atoms with Gasteiger partial charge in [-0.25, -0.2) is 4.79 Å². The van der Waals surface area contributed by atoms with Gasteiger partial charge in [0.1, 0.15) is 18.1 Å². The Bertz CT molecular complexity index is 1080. The summed E-state index contributed by atoms with van der Waals surface area (Å²) in [6, 6.07) is 3.52. The largest absolute Gasteiger partial charge is 0.480 e. The summed E-state index contributed by atoms with van der Waals surface area (Å²) in [4.78, 5) is 53.6. The summed E-state index contributed by atoms with van der Waals surface area (Å²) >= 11 is 5.73. The Balaban J connectivity index is 2.10. The normalized spacial score (nSPS) is 14.5. The van der Waals surface area contributed by atoms with Crippen LogP contribution in [0.5, 0.6) is 0 Å². The summed E-state index contributed by atoms with van der Waals surface area (Å²) in [6.07, 6.45) is 4.43. The second-order valence-electron chi connectivity index (χ2n) is 9.29. The zero-order chi connectivity index (χ0) is 27.5. The van der Waals surface area contributed by atoms with Gasteiger partial charge in [0.2, 0.25) is 17.7 Å². The van der Waals surface area contributed by atoms with Crippen LogP contribution < -0.4 is 21.7 Å². The van der Waals surface area contributed by atoms with E-state index in [0.717, 1.165) is 16.5 Å². The van der Waals surface area contributed by atoms with Crippen molar-refractivity contribution in [1.82, 2.24) is 20.9 Å². The second-order valence-corrected chi connectivity index (χ2v) is 10.6. The monoisotopic (exact) mass is 551 g/mol. The Morgan fingerprint density at radius 3 is 2.27 bits per heavy atom. The Morgan fingerprint density at radius 2 is 1.65 bits per heavy atom. The lowest BCUT2D eigenvalue weighted by Crippen LogP contribution is -2.58. The molecule has 2 rings (SSSR count). The van der Waals surface area contributed by atoms with Crippen molar-refractivity contribution < 1.29 is 24.3 Å². The minimum Gasteiger partial charge on any atom is -0.480 e. The molecule has 12 heteroatoms. The van der Waals surface area contributed by atoms with E-state index in [0.29, 0.717) is 12.2 Å². The first kappa shape index (κ1) is 30.5. The molecule has 2 aromatic rings. The molecule has 1 aromatic carbocycles. The highest BCUT2D eigenvalue weighted by Crippen LogP contribution is 2.19. The van der Waals surface area contributed by atoms with E-state index < -0.39 is 47.9 Å². The molecule has 0 saturated carbocycles. The molecule has 3 amide bonds. The van der Waals surface area contributed by atoms with E-state index in [4.69, 9.17) is 5.73 Å². The highest BCUT2D eigenvalue weighted by Gasteiger charge is 2.30. The van der Waals surface area contributed by atoms with Gasteiger partial charge in [-0.15, -0.1) is 0 Å². The van der Waals surface area contributed by atoms with Crippen LogP contribution >= 0.6 is 24.4 Å². The van der Waals surface area contributed by atoms with Crippen LogP contribution in [0.2, 0.25) is 0 Å². The number of nitrogens with two attached hydrogens (primary N) is 1. The van der Waals surface area contributed by atoms with Crippen molar-refractivity contribution in [2.75, 3.05) is 17.8 Å². The minimum absolute atomic E-state index is 0.00114. The third-order valence-corrected chi connectivity index (χ3v) is 6.85. The lowest BCUT2D eigenvalue weighted by Gasteiger charge is -2.25. The fourth-order valence-electron chi connectivity index (χ4n) is 3.82. The van der Waals surface area contributed by atoms with Gasteiger partial charge in [-0.05, 0) is 42.4 Å². The van der Waals surface area contributed by atoms with E-state index in [-0.39, 0.29) is 24.5 Å². The van der Waals surface area contributed by atoms with Gasteiger partial charge in [0.25, 0.3) is 0 Å². The van der Waals surface area contributed by atoms with Gasteiger partial charge in [0, 0.05) is 29.3 Å². The average molecular weight is 552 g/mol. The zero-order valence-corrected chi connectivity index (χ0v) is 23.0. The summed E-state index contributed by atoms with van der Waals surface area (Å²) < 4.78 is 0. The number of H-pyrrole nitrogens is 1. The van der Waals surface area contributed by atoms with Gasteiger partial charge < -0.3 is 31.8 Å². The molecule has 0 aliphatic heterocycles. The van der Waals surface area contributed by atoms with Crippen LogP contribution in [0.25, 0.3) is 10.9 Å². The van der Waals surface area contributed by atoms with Crippen molar-refractivity contribution in [3.05, 3.63) is 36.0 Å². The molecule has 4 atom stereocenters. The number of carbonyl (C=O) groups is 4. The van der Waals surface area contributed by atoms with Gasteiger partial charge in [-0.3, -0.25) is 14.4 Å². The first-order valence-corrected chi connectivity index (χ1v) is 14.1. The number of carbonyl (C=O) groups excluding carboxylic acids is 3. The molecule has 1 aromatic heterocycles. The van der Waals surface area contributed by atoms with Crippen molar-refractivity contribution in [2.24, 2.45) is 11.7 Å².